The molecule has 3 aromatic rings. The third kappa shape index (κ3) is 5.20. The Bertz CT molecular complexity index is 1150. The zero-order valence-electron chi connectivity index (χ0n) is 18.8. The normalized spacial score (nSPS) is 13.6. The van der Waals surface area contributed by atoms with Crippen LogP contribution >= 0.6 is 11.6 Å². The number of hydrogen-bond donors (Lipinski definition) is 1. The van der Waals surface area contributed by atoms with Gasteiger partial charge in [-0.2, -0.15) is 5.10 Å². The van der Waals surface area contributed by atoms with E-state index in [-0.39, 0.29) is 12.3 Å². The third-order valence-electron chi connectivity index (χ3n) is 5.88. The Morgan fingerprint density at radius 3 is 2.48 bits per heavy atom. The van der Waals surface area contributed by atoms with Gasteiger partial charge in [0, 0.05) is 37.6 Å². The van der Waals surface area contributed by atoms with E-state index in [2.05, 4.69) is 27.4 Å². The maximum atomic E-state index is 12.5. The van der Waals surface area contributed by atoms with Gasteiger partial charge in [0.1, 0.15) is 0 Å². The van der Waals surface area contributed by atoms with Crippen LogP contribution in [0.4, 0.5) is 11.4 Å². The molecule has 0 atom stereocenters. The summed E-state index contributed by atoms with van der Waals surface area (Å²) in [5.74, 6) is -0.651. The van der Waals surface area contributed by atoms with Crippen molar-refractivity contribution >= 4 is 34.7 Å². The summed E-state index contributed by atoms with van der Waals surface area (Å²) in [4.78, 5) is 27.3. The molecule has 0 bridgehead atoms. The minimum absolute atomic E-state index is 0.00407. The number of piperidine rings is 1. The van der Waals surface area contributed by atoms with Crippen molar-refractivity contribution in [3.8, 4) is 11.1 Å². The second-order valence-electron chi connectivity index (χ2n) is 8.14. The number of rotatable bonds is 7. The van der Waals surface area contributed by atoms with E-state index in [4.69, 9.17) is 16.3 Å². The topological polar surface area (TPSA) is 76.5 Å². The van der Waals surface area contributed by atoms with Gasteiger partial charge in [-0.15, -0.1) is 0 Å². The summed E-state index contributed by atoms with van der Waals surface area (Å²) in [6, 6.07) is 11.6. The number of ether oxygens (including phenoxy) is 1. The van der Waals surface area contributed by atoms with Crippen LogP contribution in [0.2, 0.25) is 5.02 Å². The SMILES string of the molecule is COC(=O)c1cc(-c2ccc(N3CCCCC3)cc2)c(Cl)cc1NCC(=O)c1cnn(C)c1. The molecule has 0 saturated carbocycles. The zero-order chi connectivity index (χ0) is 23.4. The van der Waals surface area contributed by atoms with Crippen molar-refractivity contribution in [2.24, 2.45) is 7.05 Å². The fourth-order valence-corrected chi connectivity index (χ4v) is 4.34. The van der Waals surface area contributed by atoms with Crippen LogP contribution in [-0.4, -0.2) is 48.3 Å². The number of ketones is 1. The number of anilines is 2. The molecule has 1 saturated heterocycles. The first-order valence-electron chi connectivity index (χ1n) is 11.0. The van der Waals surface area contributed by atoms with Crippen LogP contribution in [-0.2, 0) is 11.8 Å². The fraction of sp³-hybridized carbons (Fsp3) is 0.320. The highest BCUT2D eigenvalue weighted by Crippen LogP contribution is 2.35. The summed E-state index contributed by atoms with van der Waals surface area (Å²) in [6.45, 7) is 2.14. The average molecular weight is 467 g/mol. The largest absolute Gasteiger partial charge is 0.465 e. The maximum Gasteiger partial charge on any atom is 0.339 e. The van der Waals surface area contributed by atoms with Crippen molar-refractivity contribution in [1.82, 2.24) is 9.78 Å². The molecule has 0 unspecified atom stereocenters. The minimum atomic E-state index is -0.505. The number of methoxy groups -OCH3 is 1. The first kappa shape index (κ1) is 22.9. The lowest BCUT2D eigenvalue weighted by molar-refractivity contribution is 0.0601. The monoisotopic (exact) mass is 466 g/mol. The molecule has 0 radical (unpaired) electrons. The Morgan fingerprint density at radius 1 is 1.12 bits per heavy atom. The van der Waals surface area contributed by atoms with Crippen molar-refractivity contribution in [1.29, 1.82) is 0 Å². The fourth-order valence-electron chi connectivity index (χ4n) is 4.07. The second kappa shape index (κ2) is 10.1. The van der Waals surface area contributed by atoms with Gasteiger partial charge in [0.05, 0.1) is 41.7 Å². The molecular formula is C25H27ClN4O3. The second-order valence-corrected chi connectivity index (χ2v) is 8.55. The van der Waals surface area contributed by atoms with Gasteiger partial charge in [-0.1, -0.05) is 23.7 Å². The molecular weight excluding hydrogens is 440 g/mol. The summed E-state index contributed by atoms with van der Waals surface area (Å²) in [7, 11) is 3.08. The van der Waals surface area contributed by atoms with E-state index in [0.717, 1.165) is 24.2 Å². The number of aryl methyl sites for hydroxylation is 1. The number of carbonyl (C=O) groups excluding carboxylic acids is 2. The van der Waals surface area contributed by atoms with E-state index in [0.29, 0.717) is 21.8 Å². The predicted octanol–water partition coefficient (Wildman–Crippen LogP) is 4.81. The molecule has 2 aromatic carbocycles. The van der Waals surface area contributed by atoms with Gasteiger partial charge in [0.25, 0.3) is 0 Å². The quantitative estimate of drug-likeness (QED) is 0.397. The lowest BCUT2D eigenvalue weighted by atomic mass is 10.0. The van der Waals surface area contributed by atoms with Crippen LogP contribution in [0.3, 0.4) is 0 Å². The number of Topliss-reactive ketones (excluding diaryl/α,β-unsaturated/α-hetero) is 1. The highest BCUT2D eigenvalue weighted by molar-refractivity contribution is 6.34. The first-order chi connectivity index (χ1) is 16.0. The summed E-state index contributed by atoms with van der Waals surface area (Å²) >= 11 is 6.61. The van der Waals surface area contributed by atoms with Crippen molar-refractivity contribution in [3.63, 3.8) is 0 Å². The van der Waals surface area contributed by atoms with Crippen LogP contribution in [0.25, 0.3) is 11.1 Å². The van der Waals surface area contributed by atoms with Crippen molar-refractivity contribution in [2.75, 3.05) is 37.0 Å². The number of carbonyl (C=O) groups is 2. The van der Waals surface area contributed by atoms with Gasteiger partial charge >= 0.3 is 5.97 Å². The lowest BCUT2D eigenvalue weighted by Gasteiger charge is -2.29. The lowest BCUT2D eigenvalue weighted by Crippen LogP contribution is -2.29. The zero-order valence-corrected chi connectivity index (χ0v) is 19.6. The summed E-state index contributed by atoms with van der Waals surface area (Å²) in [5, 5.41) is 7.52. The van der Waals surface area contributed by atoms with Crippen molar-refractivity contribution in [2.45, 2.75) is 19.3 Å². The van der Waals surface area contributed by atoms with Crippen molar-refractivity contribution < 1.29 is 14.3 Å². The van der Waals surface area contributed by atoms with Crippen LogP contribution in [0, 0.1) is 0 Å². The van der Waals surface area contributed by atoms with E-state index < -0.39 is 5.97 Å². The molecule has 1 aromatic heterocycles. The molecule has 1 aliphatic heterocycles. The number of halogens is 1. The molecule has 7 nitrogen and oxygen atoms in total. The Kier molecular flexibility index (Phi) is 6.99. The minimum Gasteiger partial charge on any atom is -0.465 e. The molecule has 8 heteroatoms. The number of hydrogen-bond acceptors (Lipinski definition) is 6. The number of benzene rings is 2. The molecule has 2 heterocycles. The molecule has 0 amide bonds. The highest BCUT2D eigenvalue weighted by Gasteiger charge is 2.18. The van der Waals surface area contributed by atoms with Crippen LogP contribution in [0.15, 0.2) is 48.8 Å². The standard InChI is InChI=1S/C25H27ClN4O3/c1-29-16-18(14-28-29)24(31)15-27-23-13-22(26)20(12-21(23)25(32)33-2)17-6-8-19(9-7-17)30-10-4-3-5-11-30/h6-9,12-14,16,27H,3-5,10-11,15H2,1-2H3. The van der Waals surface area contributed by atoms with E-state index in [1.165, 1.54) is 38.3 Å². The van der Waals surface area contributed by atoms with E-state index in [1.54, 1.807) is 30.1 Å². The van der Waals surface area contributed by atoms with Crippen LogP contribution in [0.1, 0.15) is 40.0 Å². The van der Waals surface area contributed by atoms with Gasteiger partial charge in [0.2, 0.25) is 0 Å². The third-order valence-corrected chi connectivity index (χ3v) is 6.19. The Hall–Kier alpha value is -3.32. The van der Waals surface area contributed by atoms with E-state index >= 15 is 0 Å². The highest BCUT2D eigenvalue weighted by atomic mass is 35.5. The average Bonchev–Trinajstić information content (AvgIpc) is 3.29. The van der Waals surface area contributed by atoms with Gasteiger partial charge in [-0.25, -0.2) is 4.79 Å². The van der Waals surface area contributed by atoms with Gasteiger partial charge in [-0.05, 0) is 49.1 Å². The predicted molar refractivity (Wildman–Crippen MR) is 130 cm³/mol. The summed E-state index contributed by atoms with van der Waals surface area (Å²) < 4.78 is 6.54. The Morgan fingerprint density at radius 2 is 1.85 bits per heavy atom. The van der Waals surface area contributed by atoms with Gasteiger partial charge in [-0.3, -0.25) is 9.48 Å². The van der Waals surface area contributed by atoms with Crippen LogP contribution in [0.5, 0.6) is 0 Å². The molecule has 0 spiro atoms. The van der Waals surface area contributed by atoms with E-state index in [1.807, 2.05) is 12.1 Å². The molecule has 4 rings (SSSR count). The number of nitrogens with one attached hydrogen (secondary N) is 1. The number of aromatic nitrogens is 2. The van der Waals surface area contributed by atoms with Gasteiger partial charge < -0.3 is 15.0 Å². The van der Waals surface area contributed by atoms with Crippen molar-refractivity contribution in [3.05, 3.63) is 64.9 Å². The molecule has 0 aliphatic carbocycles. The summed E-state index contributed by atoms with van der Waals surface area (Å²) in [5.41, 5.74) is 4.07. The smallest absolute Gasteiger partial charge is 0.339 e. The molecule has 33 heavy (non-hydrogen) atoms. The maximum absolute atomic E-state index is 12.5. The molecule has 172 valence electrons. The Labute approximate surface area is 198 Å². The number of esters is 1. The molecule has 1 N–H and O–H groups in total. The molecule has 1 fully saturated rings. The van der Waals surface area contributed by atoms with Gasteiger partial charge in [0.15, 0.2) is 5.78 Å². The van der Waals surface area contributed by atoms with E-state index in [9.17, 15) is 9.59 Å². The summed E-state index contributed by atoms with van der Waals surface area (Å²) in [6.07, 6.45) is 6.88. The van der Waals surface area contributed by atoms with Crippen LogP contribution < -0.4 is 10.2 Å². The first-order valence-corrected chi connectivity index (χ1v) is 11.4. The molecule has 1 aliphatic rings. The number of nitrogens with zero attached hydrogens (tertiary/aromatic N) is 3. The Balaban J connectivity index is 1.58.